The number of nitrogens with one attached hydrogen (secondary N) is 2. The van der Waals surface area contributed by atoms with Crippen molar-refractivity contribution in [2.75, 3.05) is 12.5 Å². The number of ether oxygens (including phenoxy) is 1. The number of H-pyrrole nitrogens is 1. The topological polar surface area (TPSA) is 54.9 Å². The molecule has 2 rings (SSSR count). The number of hydrogen-bond donors (Lipinski definition) is 2. The van der Waals surface area contributed by atoms with Crippen molar-refractivity contribution in [3.8, 4) is 5.75 Å². The third-order valence-corrected chi connectivity index (χ3v) is 3.39. The molecule has 0 unspecified atom stereocenters. The molecular formula is C13H17ClN4OS. The fourth-order valence-electron chi connectivity index (χ4n) is 1.93. The van der Waals surface area contributed by atoms with Crippen LogP contribution in [-0.4, -0.2) is 22.0 Å². The zero-order valence-corrected chi connectivity index (χ0v) is 13.0. The summed E-state index contributed by atoms with van der Waals surface area (Å²) in [6, 6.07) is 5.52. The van der Waals surface area contributed by atoms with Crippen LogP contribution in [-0.2, 0) is 13.0 Å². The van der Waals surface area contributed by atoms with Gasteiger partial charge in [0, 0.05) is 17.0 Å². The van der Waals surface area contributed by atoms with Crippen molar-refractivity contribution in [2.45, 2.75) is 26.3 Å². The number of rotatable bonds is 6. The maximum Gasteiger partial charge on any atom is 0.214 e. The van der Waals surface area contributed by atoms with Crippen molar-refractivity contribution in [1.82, 2.24) is 14.9 Å². The summed E-state index contributed by atoms with van der Waals surface area (Å²) >= 11 is 11.2. The largest absolute Gasteiger partial charge is 0.496 e. The van der Waals surface area contributed by atoms with Crippen LogP contribution in [0.3, 0.4) is 0 Å². The van der Waals surface area contributed by atoms with Crippen LogP contribution < -0.4 is 10.2 Å². The summed E-state index contributed by atoms with van der Waals surface area (Å²) in [7, 11) is 1.64. The lowest BCUT2D eigenvalue weighted by atomic mass is 10.2. The van der Waals surface area contributed by atoms with Gasteiger partial charge in [0.1, 0.15) is 5.75 Å². The monoisotopic (exact) mass is 312 g/mol. The van der Waals surface area contributed by atoms with Gasteiger partial charge in [0.25, 0.3) is 0 Å². The third kappa shape index (κ3) is 3.32. The molecule has 1 heterocycles. The Labute approximate surface area is 127 Å². The van der Waals surface area contributed by atoms with Gasteiger partial charge >= 0.3 is 0 Å². The molecule has 0 radical (unpaired) electrons. The average molecular weight is 313 g/mol. The lowest BCUT2D eigenvalue weighted by Crippen LogP contribution is -2.18. The Bertz CT molecular complexity index is 638. The summed E-state index contributed by atoms with van der Waals surface area (Å²) in [6.45, 7) is 2.65. The molecule has 0 fully saturated rings. The highest BCUT2D eigenvalue weighted by molar-refractivity contribution is 7.71. The van der Waals surface area contributed by atoms with Crippen LogP contribution in [0.15, 0.2) is 18.2 Å². The molecule has 0 aliphatic rings. The van der Waals surface area contributed by atoms with Gasteiger partial charge in [0.05, 0.1) is 13.7 Å². The number of aromatic amines is 1. The quantitative estimate of drug-likeness (QED) is 0.804. The molecule has 0 amide bonds. The third-order valence-electron chi connectivity index (χ3n) is 2.89. The molecule has 1 aromatic heterocycles. The first-order chi connectivity index (χ1) is 9.65. The fraction of sp³-hybridized carbons (Fsp3) is 0.385. The van der Waals surface area contributed by atoms with Crippen LogP contribution >= 0.6 is 23.8 Å². The molecule has 0 aliphatic heterocycles. The molecule has 20 heavy (non-hydrogen) atoms. The van der Waals surface area contributed by atoms with Gasteiger partial charge in [-0.25, -0.2) is 4.68 Å². The summed E-state index contributed by atoms with van der Waals surface area (Å²) < 4.78 is 7.66. The summed E-state index contributed by atoms with van der Waals surface area (Å²) in [4.78, 5) is 0. The van der Waals surface area contributed by atoms with Crippen molar-refractivity contribution in [3.63, 3.8) is 0 Å². The van der Waals surface area contributed by atoms with Crippen molar-refractivity contribution in [3.05, 3.63) is 39.4 Å². The minimum absolute atomic E-state index is 0.550. The molecule has 2 N–H and O–H groups in total. The summed E-state index contributed by atoms with van der Waals surface area (Å²) in [6.07, 6.45) is 1.86. The first kappa shape index (κ1) is 14.9. The summed E-state index contributed by atoms with van der Waals surface area (Å²) in [5.41, 5.74) is 4.21. The maximum absolute atomic E-state index is 6.02. The minimum Gasteiger partial charge on any atom is -0.496 e. The number of halogens is 1. The molecule has 2 aromatic rings. The molecule has 0 saturated carbocycles. The smallest absolute Gasteiger partial charge is 0.214 e. The van der Waals surface area contributed by atoms with Gasteiger partial charge < -0.3 is 10.2 Å². The first-order valence-electron chi connectivity index (χ1n) is 6.38. The molecule has 0 saturated heterocycles. The van der Waals surface area contributed by atoms with E-state index < -0.39 is 0 Å². The second kappa shape index (κ2) is 6.76. The number of aryl methyl sites for hydroxylation is 1. The Morgan fingerprint density at radius 1 is 1.50 bits per heavy atom. The average Bonchev–Trinajstić information content (AvgIpc) is 2.78. The molecule has 7 heteroatoms. The standard InChI is InChI=1S/C13H17ClN4OS/c1-3-4-12-16-17-13(20)18(12)15-8-9-7-10(14)5-6-11(9)19-2/h5-7,15H,3-4,8H2,1-2H3,(H,17,20). The Balaban J connectivity index is 2.18. The second-order valence-electron chi connectivity index (χ2n) is 4.32. The van der Waals surface area contributed by atoms with Gasteiger partial charge in [-0.15, -0.1) is 0 Å². The van der Waals surface area contributed by atoms with Gasteiger partial charge in [0.2, 0.25) is 4.77 Å². The molecule has 1 aromatic carbocycles. The van der Waals surface area contributed by atoms with Crippen LogP contribution in [0.25, 0.3) is 0 Å². The van der Waals surface area contributed by atoms with Crippen LogP contribution in [0.5, 0.6) is 5.75 Å². The minimum atomic E-state index is 0.550. The zero-order valence-electron chi connectivity index (χ0n) is 11.4. The Morgan fingerprint density at radius 2 is 2.30 bits per heavy atom. The predicted octanol–water partition coefficient (Wildman–Crippen LogP) is 3.30. The SMILES string of the molecule is CCCc1n[nH]c(=S)n1NCc1cc(Cl)ccc1OC. The highest BCUT2D eigenvalue weighted by Crippen LogP contribution is 2.22. The highest BCUT2D eigenvalue weighted by atomic mass is 35.5. The molecule has 0 aliphatic carbocycles. The molecule has 5 nitrogen and oxygen atoms in total. The van der Waals surface area contributed by atoms with E-state index in [2.05, 4.69) is 22.5 Å². The summed E-state index contributed by atoms with van der Waals surface area (Å²) in [5.74, 6) is 1.67. The molecule has 108 valence electrons. The van der Waals surface area contributed by atoms with Gasteiger partial charge in [-0.05, 0) is 36.8 Å². The van der Waals surface area contributed by atoms with Crippen LogP contribution in [0.1, 0.15) is 24.7 Å². The molecular weight excluding hydrogens is 296 g/mol. The van der Waals surface area contributed by atoms with E-state index in [1.54, 1.807) is 17.9 Å². The Morgan fingerprint density at radius 3 is 3.00 bits per heavy atom. The fourth-order valence-corrected chi connectivity index (χ4v) is 2.34. The Kier molecular flexibility index (Phi) is 5.03. The lowest BCUT2D eigenvalue weighted by molar-refractivity contribution is 0.409. The lowest BCUT2D eigenvalue weighted by Gasteiger charge is -2.12. The highest BCUT2D eigenvalue weighted by Gasteiger charge is 2.07. The van der Waals surface area contributed by atoms with E-state index >= 15 is 0 Å². The van der Waals surface area contributed by atoms with Gasteiger partial charge in [-0.1, -0.05) is 18.5 Å². The normalized spacial score (nSPS) is 10.6. The van der Waals surface area contributed by atoms with E-state index in [4.69, 9.17) is 28.6 Å². The van der Waals surface area contributed by atoms with E-state index in [1.165, 1.54) is 0 Å². The number of aromatic nitrogens is 3. The van der Waals surface area contributed by atoms with Crippen molar-refractivity contribution in [1.29, 1.82) is 0 Å². The number of nitrogens with zero attached hydrogens (tertiary/aromatic N) is 2. The summed E-state index contributed by atoms with van der Waals surface area (Å²) in [5, 5.41) is 7.67. The molecule has 0 bridgehead atoms. The van der Waals surface area contributed by atoms with Crippen LogP contribution in [0.4, 0.5) is 0 Å². The zero-order chi connectivity index (χ0) is 14.5. The Hall–Kier alpha value is -1.53. The number of methoxy groups -OCH3 is 1. The van der Waals surface area contributed by atoms with Crippen molar-refractivity contribution in [2.24, 2.45) is 0 Å². The van der Waals surface area contributed by atoms with Crippen molar-refractivity contribution < 1.29 is 4.74 Å². The van der Waals surface area contributed by atoms with E-state index in [1.807, 2.05) is 12.1 Å². The van der Waals surface area contributed by atoms with Gasteiger partial charge in [-0.3, -0.25) is 5.10 Å². The maximum atomic E-state index is 6.02. The van der Waals surface area contributed by atoms with E-state index in [9.17, 15) is 0 Å². The van der Waals surface area contributed by atoms with E-state index in [-0.39, 0.29) is 0 Å². The molecule has 0 spiro atoms. The van der Waals surface area contributed by atoms with E-state index in [0.29, 0.717) is 16.3 Å². The van der Waals surface area contributed by atoms with Gasteiger partial charge in [0.15, 0.2) is 5.82 Å². The van der Waals surface area contributed by atoms with Crippen LogP contribution in [0, 0.1) is 4.77 Å². The van der Waals surface area contributed by atoms with Gasteiger partial charge in [-0.2, -0.15) is 5.10 Å². The van der Waals surface area contributed by atoms with Crippen LogP contribution in [0.2, 0.25) is 5.02 Å². The molecule has 0 atom stereocenters. The second-order valence-corrected chi connectivity index (χ2v) is 5.14. The number of benzene rings is 1. The predicted molar refractivity (Wildman–Crippen MR) is 82.5 cm³/mol. The van der Waals surface area contributed by atoms with E-state index in [0.717, 1.165) is 30.0 Å². The van der Waals surface area contributed by atoms with Crippen molar-refractivity contribution >= 4 is 23.8 Å². The number of hydrogen-bond acceptors (Lipinski definition) is 4. The first-order valence-corrected chi connectivity index (χ1v) is 7.17.